The standard InChI is InChI=1S/C21H32N4O2/c1-2-22-21(24-13-12-23-20(26)17-10-11-17)25-15-18-9-6-14-27-19(18)16-7-4-3-5-8-16/h3-5,7-8,17-19H,2,6,9-15H2,1H3,(H,23,26)(H2,22,24,25). The zero-order chi connectivity index (χ0) is 18.9. The molecule has 1 amide bonds. The molecule has 0 radical (unpaired) electrons. The lowest BCUT2D eigenvalue weighted by atomic mass is 9.89. The van der Waals surface area contributed by atoms with Crippen molar-refractivity contribution in [3.63, 3.8) is 0 Å². The van der Waals surface area contributed by atoms with Crippen LogP contribution in [0.15, 0.2) is 35.3 Å². The van der Waals surface area contributed by atoms with E-state index in [4.69, 9.17) is 9.73 Å². The lowest BCUT2D eigenvalue weighted by Crippen LogP contribution is -2.42. The van der Waals surface area contributed by atoms with Crippen LogP contribution < -0.4 is 16.0 Å². The maximum Gasteiger partial charge on any atom is 0.223 e. The monoisotopic (exact) mass is 372 g/mol. The Labute approximate surface area is 162 Å². The normalized spacial score (nSPS) is 22.9. The van der Waals surface area contributed by atoms with E-state index in [2.05, 4.69) is 47.1 Å². The van der Waals surface area contributed by atoms with Gasteiger partial charge in [0.15, 0.2) is 5.96 Å². The van der Waals surface area contributed by atoms with Crippen LogP contribution in [0.4, 0.5) is 0 Å². The van der Waals surface area contributed by atoms with Gasteiger partial charge in [-0.05, 0) is 38.2 Å². The number of hydrogen-bond acceptors (Lipinski definition) is 3. The van der Waals surface area contributed by atoms with E-state index in [1.165, 1.54) is 5.56 Å². The van der Waals surface area contributed by atoms with Crippen molar-refractivity contribution in [3.05, 3.63) is 35.9 Å². The largest absolute Gasteiger partial charge is 0.373 e. The fraction of sp³-hybridized carbons (Fsp3) is 0.619. The Balaban J connectivity index is 1.50. The van der Waals surface area contributed by atoms with Crippen molar-refractivity contribution in [2.45, 2.75) is 38.7 Å². The zero-order valence-corrected chi connectivity index (χ0v) is 16.2. The minimum absolute atomic E-state index is 0.115. The maximum atomic E-state index is 11.7. The number of aliphatic imine (C=N–C) groups is 1. The van der Waals surface area contributed by atoms with Gasteiger partial charge in [-0.1, -0.05) is 30.3 Å². The average molecular weight is 373 g/mol. The van der Waals surface area contributed by atoms with Crippen LogP contribution in [0.2, 0.25) is 0 Å². The van der Waals surface area contributed by atoms with Gasteiger partial charge in [-0.15, -0.1) is 0 Å². The summed E-state index contributed by atoms with van der Waals surface area (Å²) in [5, 5.41) is 9.57. The number of amides is 1. The van der Waals surface area contributed by atoms with Crippen LogP contribution in [0.25, 0.3) is 0 Å². The van der Waals surface area contributed by atoms with Gasteiger partial charge in [0.25, 0.3) is 0 Å². The molecule has 6 nitrogen and oxygen atoms in total. The summed E-state index contributed by atoms with van der Waals surface area (Å²) in [6.45, 7) is 5.71. The van der Waals surface area contributed by atoms with E-state index >= 15 is 0 Å². The molecule has 1 aliphatic heterocycles. The van der Waals surface area contributed by atoms with Gasteiger partial charge < -0.3 is 20.7 Å². The fourth-order valence-corrected chi connectivity index (χ4v) is 3.45. The number of carbonyl (C=O) groups excluding carboxylic acids is 1. The SMILES string of the molecule is CCNC(=NCC1CCCOC1c1ccccc1)NCCNC(=O)C1CC1. The van der Waals surface area contributed by atoms with E-state index < -0.39 is 0 Å². The molecule has 2 aliphatic rings. The van der Waals surface area contributed by atoms with Gasteiger partial charge in [0.05, 0.1) is 6.10 Å². The van der Waals surface area contributed by atoms with Gasteiger partial charge in [0.2, 0.25) is 5.91 Å². The van der Waals surface area contributed by atoms with Gasteiger partial charge in [-0.25, -0.2) is 0 Å². The molecule has 3 rings (SSSR count). The van der Waals surface area contributed by atoms with Crippen molar-refractivity contribution < 1.29 is 9.53 Å². The Kier molecular flexibility index (Phi) is 7.51. The third-order valence-electron chi connectivity index (χ3n) is 5.07. The Morgan fingerprint density at radius 1 is 1.11 bits per heavy atom. The fourth-order valence-electron chi connectivity index (χ4n) is 3.45. The second kappa shape index (κ2) is 10.3. The molecule has 1 saturated carbocycles. The lowest BCUT2D eigenvalue weighted by molar-refractivity contribution is -0.122. The summed E-state index contributed by atoms with van der Waals surface area (Å²) in [5.74, 6) is 1.62. The number of nitrogens with one attached hydrogen (secondary N) is 3. The van der Waals surface area contributed by atoms with E-state index in [-0.39, 0.29) is 17.9 Å². The highest BCUT2D eigenvalue weighted by Gasteiger charge is 2.29. The summed E-state index contributed by atoms with van der Waals surface area (Å²) >= 11 is 0. The van der Waals surface area contributed by atoms with Crippen molar-refractivity contribution in [2.75, 3.05) is 32.8 Å². The average Bonchev–Trinajstić information content (AvgIpc) is 3.55. The van der Waals surface area contributed by atoms with E-state index in [0.717, 1.165) is 51.3 Å². The van der Waals surface area contributed by atoms with Crippen LogP contribution in [-0.4, -0.2) is 44.7 Å². The number of carbonyl (C=O) groups is 1. The van der Waals surface area contributed by atoms with Crippen molar-refractivity contribution in [3.8, 4) is 0 Å². The van der Waals surface area contributed by atoms with Gasteiger partial charge >= 0.3 is 0 Å². The van der Waals surface area contributed by atoms with Crippen LogP contribution in [0, 0.1) is 11.8 Å². The molecule has 2 unspecified atom stereocenters. The smallest absolute Gasteiger partial charge is 0.223 e. The minimum Gasteiger partial charge on any atom is -0.373 e. The third kappa shape index (κ3) is 6.24. The molecule has 6 heteroatoms. The first-order valence-corrected chi connectivity index (χ1v) is 10.2. The quantitative estimate of drug-likeness (QED) is 0.372. The molecule has 1 aromatic rings. The maximum absolute atomic E-state index is 11.7. The Morgan fingerprint density at radius 2 is 1.89 bits per heavy atom. The molecule has 1 aromatic carbocycles. The molecular weight excluding hydrogens is 340 g/mol. The predicted molar refractivity (Wildman–Crippen MR) is 108 cm³/mol. The number of nitrogens with zero attached hydrogens (tertiary/aromatic N) is 1. The lowest BCUT2D eigenvalue weighted by Gasteiger charge is -2.31. The summed E-state index contributed by atoms with van der Waals surface area (Å²) < 4.78 is 6.06. The molecule has 1 aliphatic carbocycles. The molecule has 0 bridgehead atoms. The van der Waals surface area contributed by atoms with Crippen LogP contribution in [-0.2, 0) is 9.53 Å². The topological polar surface area (TPSA) is 74.8 Å². The zero-order valence-electron chi connectivity index (χ0n) is 16.2. The van der Waals surface area contributed by atoms with Crippen molar-refractivity contribution in [1.82, 2.24) is 16.0 Å². The summed E-state index contributed by atoms with van der Waals surface area (Å²) in [4.78, 5) is 16.5. The van der Waals surface area contributed by atoms with Gasteiger partial charge in [0.1, 0.15) is 0 Å². The molecule has 2 fully saturated rings. The molecular formula is C21H32N4O2. The second-order valence-corrected chi connectivity index (χ2v) is 7.32. The molecule has 27 heavy (non-hydrogen) atoms. The third-order valence-corrected chi connectivity index (χ3v) is 5.07. The predicted octanol–water partition coefficient (Wildman–Crippen LogP) is 2.24. The Hall–Kier alpha value is -2.08. The summed E-state index contributed by atoms with van der Waals surface area (Å²) in [6, 6.07) is 10.4. The van der Waals surface area contributed by atoms with Gasteiger partial charge in [-0.3, -0.25) is 9.79 Å². The summed E-state index contributed by atoms with van der Waals surface area (Å²) in [7, 11) is 0. The van der Waals surface area contributed by atoms with E-state index in [1.807, 2.05) is 6.07 Å². The van der Waals surface area contributed by atoms with E-state index in [9.17, 15) is 4.79 Å². The van der Waals surface area contributed by atoms with Crippen LogP contribution in [0.5, 0.6) is 0 Å². The van der Waals surface area contributed by atoms with Gasteiger partial charge in [-0.2, -0.15) is 0 Å². The number of benzene rings is 1. The summed E-state index contributed by atoms with van der Waals surface area (Å²) in [6.07, 6.45) is 4.40. The first kappa shape index (κ1) is 19.7. The van der Waals surface area contributed by atoms with E-state index in [1.54, 1.807) is 0 Å². The van der Waals surface area contributed by atoms with Crippen molar-refractivity contribution in [2.24, 2.45) is 16.8 Å². The molecule has 0 spiro atoms. The summed E-state index contributed by atoms with van der Waals surface area (Å²) in [5.41, 5.74) is 1.23. The molecule has 1 saturated heterocycles. The van der Waals surface area contributed by atoms with Crippen molar-refractivity contribution >= 4 is 11.9 Å². The second-order valence-electron chi connectivity index (χ2n) is 7.32. The Morgan fingerprint density at radius 3 is 2.63 bits per heavy atom. The number of hydrogen-bond donors (Lipinski definition) is 3. The molecule has 1 heterocycles. The van der Waals surface area contributed by atoms with E-state index in [0.29, 0.717) is 19.0 Å². The minimum atomic E-state index is 0.115. The van der Waals surface area contributed by atoms with Crippen LogP contribution in [0.1, 0.15) is 44.3 Å². The highest BCUT2D eigenvalue weighted by Crippen LogP contribution is 2.33. The number of ether oxygens (including phenoxy) is 1. The first-order valence-electron chi connectivity index (χ1n) is 10.2. The van der Waals surface area contributed by atoms with Gasteiger partial charge in [0, 0.05) is 44.6 Å². The highest BCUT2D eigenvalue weighted by atomic mass is 16.5. The van der Waals surface area contributed by atoms with Crippen molar-refractivity contribution in [1.29, 1.82) is 0 Å². The highest BCUT2D eigenvalue weighted by molar-refractivity contribution is 5.81. The van der Waals surface area contributed by atoms with Crippen LogP contribution in [0.3, 0.4) is 0 Å². The number of rotatable bonds is 8. The molecule has 3 N–H and O–H groups in total. The van der Waals surface area contributed by atoms with Crippen LogP contribution >= 0.6 is 0 Å². The number of guanidine groups is 1. The molecule has 2 atom stereocenters. The first-order chi connectivity index (χ1) is 13.3. The Bertz CT molecular complexity index is 616. The molecule has 0 aromatic heterocycles. The molecule has 148 valence electrons.